The van der Waals surface area contributed by atoms with Crippen LogP contribution >= 0.6 is 0 Å². The molecule has 1 heterocycles. The Labute approximate surface area is 95.1 Å². The molecule has 3 nitrogen and oxygen atoms in total. The molecule has 0 aliphatic carbocycles. The molecule has 1 fully saturated rings. The first-order valence-electron chi connectivity index (χ1n) is 5.54. The van der Waals surface area contributed by atoms with Gasteiger partial charge >= 0.3 is 0 Å². The lowest BCUT2D eigenvalue weighted by Gasteiger charge is -2.26. The van der Waals surface area contributed by atoms with Crippen molar-refractivity contribution in [2.75, 3.05) is 13.1 Å². The maximum atomic E-state index is 12.0. The molecule has 1 saturated heterocycles. The molecular weight excluding hydrogens is 202 g/mol. The fourth-order valence-electron chi connectivity index (χ4n) is 1.84. The van der Waals surface area contributed by atoms with Crippen molar-refractivity contribution in [1.29, 1.82) is 0 Å². The topological polar surface area (TPSA) is 37.4 Å². The summed E-state index contributed by atoms with van der Waals surface area (Å²) in [6.07, 6.45) is 0.995. The summed E-state index contributed by atoms with van der Waals surface area (Å²) in [7, 11) is 0. The van der Waals surface area contributed by atoms with Crippen molar-refractivity contribution in [3.8, 4) is 0 Å². The summed E-state index contributed by atoms with van der Waals surface area (Å²) in [6, 6.07) is 7.55. The van der Waals surface area contributed by atoms with Crippen molar-refractivity contribution >= 4 is 11.7 Å². The molecule has 1 aromatic rings. The number of piperidine rings is 1. The number of carbonyl (C=O) groups is 2. The summed E-state index contributed by atoms with van der Waals surface area (Å²) in [5.41, 5.74) is 1.85. The minimum Gasteiger partial charge on any atom is -0.338 e. The van der Waals surface area contributed by atoms with E-state index in [1.165, 1.54) is 0 Å². The molecular formula is C13H15NO2. The summed E-state index contributed by atoms with van der Waals surface area (Å²) < 4.78 is 0. The Bertz CT molecular complexity index is 398. The molecule has 2 rings (SSSR count). The number of rotatable bonds is 1. The molecule has 0 spiro atoms. The van der Waals surface area contributed by atoms with Gasteiger partial charge in [0.25, 0.3) is 5.91 Å². The highest BCUT2D eigenvalue weighted by atomic mass is 16.2. The predicted octanol–water partition coefficient (Wildman–Crippen LogP) is 1.80. The summed E-state index contributed by atoms with van der Waals surface area (Å²) in [4.78, 5) is 24.9. The Kier molecular flexibility index (Phi) is 3.04. The molecule has 0 atom stereocenters. The predicted molar refractivity (Wildman–Crippen MR) is 61.3 cm³/mol. The standard InChI is InChI=1S/C13H15NO2/c1-10-2-4-11(5-3-10)13(16)14-8-6-12(15)7-9-14/h2-5H,6-9H2,1H3. The van der Waals surface area contributed by atoms with Crippen LogP contribution in [0.1, 0.15) is 28.8 Å². The van der Waals surface area contributed by atoms with Crippen molar-refractivity contribution in [1.82, 2.24) is 4.90 Å². The van der Waals surface area contributed by atoms with Gasteiger partial charge in [0, 0.05) is 31.5 Å². The second-order valence-electron chi connectivity index (χ2n) is 4.20. The maximum absolute atomic E-state index is 12.0. The zero-order valence-corrected chi connectivity index (χ0v) is 9.40. The fraction of sp³-hybridized carbons (Fsp3) is 0.385. The van der Waals surface area contributed by atoms with Crippen LogP contribution in [0.3, 0.4) is 0 Å². The highest BCUT2D eigenvalue weighted by molar-refractivity contribution is 5.95. The second-order valence-corrected chi connectivity index (χ2v) is 4.20. The van der Waals surface area contributed by atoms with Gasteiger partial charge in [-0.15, -0.1) is 0 Å². The molecule has 0 unspecified atom stereocenters. The lowest BCUT2D eigenvalue weighted by atomic mass is 10.1. The number of hydrogen-bond acceptors (Lipinski definition) is 2. The van der Waals surface area contributed by atoms with E-state index in [-0.39, 0.29) is 11.7 Å². The number of likely N-dealkylation sites (tertiary alicyclic amines) is 1. The third-order valence-electron chi connectivity index (χ3n) is 2.91. The van der Waals surface area contributed by atoms with Crippen molar-refractivity contribution < 1.29 is 9.59 Å². The quantitative estimate of drug-likeness (QED) is 0.719. The van der Waals surface area contributed by atoms with Gasteiger partial charge < -0.3 is 4.90 Å². The summed E-state index contributed by atoms with van der Waals surface area (Å²) >= 11 is 0. The number of benzene rings is 1. The van der Waals surface area contributed by atoms with Crippen LogP contribution in [-0.2, 0) is 4.79 Å². The van der Waals surface area contributed by atoms with Gasteiger partial charge in [-0.2, -0.15) is 0 Å². The smallest absolute Gasteiger partial charge is 0.253 e. The Morgan fingerprint density at radius 1 is 1.12 bits per heavy atom. The Hall–Kier alpha value is -1.64. The molecule has 1 aliphatic rings. The molecule has 0 N–H and O–H groups in total. The monoisotopic (exact) mass is 217 g/mol. The van der Waals surface area contributed by atoms with Gasteiger partial charge in [0.1, 0.15) is 5.78 Å². The average Bonchev–Trinajstić information content (AvgIpc) is 2.30. The Morgan fingerprint density at radius 3 is 2.25 bits per heavy atom. The first-order chi connectivity index (χ1) is 7.66. The van der Waals surface area contributed by atoms with Gasteiger partial charge in [-0.3, -0.25) is 9.59 Å². The summed E-state index contributed by atoms with van der Waals surface area (Å²) in [6.45, 7) is 3.12. The molecule has 0 saturated carbocycles. The van der Waals surface area contributed by atoms with E-state index in [0.29, 0.717) is 31.5 Å². The Balaban J connectivity index is 2.07. The SMILES string of the molecule is Cc1ccc(C(=O)N2CCC(=O)CC2)cc1. The van der Waals surface area contributed by atoms with Crippen molar-refractivity contribution in [2.45, 2.75) is 19.8 Å². The van der Waals surface area contributed by atoms with E-state index in [9.17, 15) is 9.59 Å². The average molecular weight is 217 g/mol. The first-order valence-corrected chi connectivity index (χ1v) is 5.54. The van der Waals surface area contributed by atoms with Crippen LogP contribution in [0.15, 0.2) is 24.3 Å². The molecule has 16 heavy (non-hydrogen) atoms. The van der Waals surface area contributed by atoms with Crippen LogP contribution < -0.4 is 0 Å². The van der Waals surface area contributed by atoms with E-state index < -0.39 is 0 Å². The lowest BCUT2D eigenvalue weighted by Crippen LogP contribution is -2.38. The van der Waals surface area contributed by atoms with Gasteiger partial charge in [0.05, 0.1) is 0 Å². The molecule has 0 radical (unpaired) electrons. The van der Waals surface area contributed by atoms with Crippen LogP contribution in [-0.4, -0.2) is 29.7 Å². The van der Waals surface area contributed by atoms with Crippen molar-refractivity contribution in [2.24, 2.45) is 0 Å². The van der Waals surface area contributed by atoms with Crippen LogP contribution in [0.25, 0.3) is 0 Å². The number of hydrogen-bond donors (Lipinski definition) is 0. The van der Waals surface area contributed by atoms with Crippen molar-refractivity contribution in [3.05, 3.63) is 35.4 Å². The fourth-order valence-corrected chi connectivity index (χ4v) is 1.84. The van der Waals surface area contributed by atoms with Crippen LogP contribution in [0.2, 0.25) is 0 Å². The number of Topliss-reactive ketones (excluding diaryl/α,β-unsaturated/α-hetero) is 1. The third-order valence-corrected chi connectivity index (χ3v) is 2.91. The molecule has 0 bridgehead atoms. The van der Waals surface area contributed by atoms with E-state index in [1.807, 2.05) is 31.2 Å². The first kappa shape index (κ1) is 10.9. The van der Waals surface area contributed by atoms with Gasteiger partial charge in [-0.1, -0.05) is 17.7 Å². The van der Waals surface area contributed by atoms with E-state index in [0.717, 1.165) is 5.56 Å². The van der Waals surface area contributed by atoms with Crippen LogP contribution in [0.4, 0.5) is 0 Å². The molecule has 1 aromatic carbocycles. The maximum Gasteiger partial charge on any atom is 0.253 e. The minimum atomic E-state index is 0.0347. The molecule has 1 amide bonds. The number of aryl methyl sites for hydroxylation is 1. The number of carbonyl (C=O) groups excluding carboxylic acids is 2. The highest BCUT2D eigenvalue weighted by Crippen LogP contribution is 2.11. The highest BCUT2D eigenvalue weighted by Gasteiger charge is 2.21. The molecule has 3 heteroatoms. The molecule has 84 valence electrons. The molecule has 0 aromatic heterocycles. The van der Waals surface area contributed by atoms with E-state index in [1.54, 1.807) is 4.90 Å². The zero-order chi connectivity index (χ0) is 11.5. The van der Waals surface area contributed by atoms with E-state index in [2.05, 4.69) is 0 Å². The second kappa shape index (κ2) is 4.47. The minimum absolute atomic E-state index is 0.0347. The normalized spacial score (nSPS) is 16.3. The third kappa shape index (κ3) is 2.30. The van der Waals surface area contributed by atoms with Crippen LogP contribution in [0.5, 0.6) is 0 Å². The van der Waals surface area contributed by atoms with Crippen molar-refractivity contribution in [3.63, 3.8) is 0 Å². The van der Waals surface area contributed by atoms with E-state index in [4.69, 9.17) is 0 Å². The lowest BCUT2D eigenvalue weighted by molar-refractivity contribution is -0.120. The van der Waals surface area contributed by atoms with Gasteiger partial charge in [0.2, 0.25) is 0 Å². The summed E-state index contributed by atoms with van der Waals surface area (Å²) in [5.74, 6) is 0.292. The zero-order valence-electron chi connectivity index (χ0n) is 9.40. The van der Waals surface area contributed by atoms with E-state index >= 15 is 0 Å². The van der Waals surface area contributed by atoms with Crippen LogP contribution in [0, 0.1) is 6.92 Å². The number of amides is 1. The van der Waals surface area contributed by atoms with Gasteiger partial charge in [0.15, 0.2) is 0 Å². The number of ketones is 1. The molecule has 1 aliphatic heterocycles. The number of nitrogens with zero attached hydrogens (tertiary/aromatic N) is 1. The largest absolute Gasteiger partial charge is 0.338 e. The van der Waals surface area contributed by atoms with Gasteiger partial charge in [-0.25, -0.2) is 0 Å². The summed E-state index contributed by atoms with van der Waals surface area (Å²) in [5, 5.41) is 0. The Morgan fingerprint density at radius 2 is 1.69 bits per heavy atom. The van der Waals surface area contributed by atoms with Gasteiger partial charge in [-0.05, 0) is 19.1 Å².